The van der Waals surface area contributed by atoms with Crippen LogP contribution in [0.3, 0.4) is 0 Å². The summed E-state index contributed by atoms with van der Waals surface area (Å²) in [4.78, 5) is 10.5. The van der Waals surface area contributed by atoms with Crippen LogP contribution in [0.25, 0.3) is 0 Å². The lowest BCUT2D eigenvalue weighted by molar-refractivity contribution is -0.137. The van der Waals surface area contributed by atoms with Gasteiger partial charge in [0, 0.05) is 0 Å². The molecule has 0 fully saturated rings. The largest absolute Gasteiger partial charge is 0.481 e. The first kappa shape index (κ1) is 11.9. The van der Waals surface area contributed by atoms with Crippen molar-refractivity contribution in [2.45, 2.75) is 33.1 Å². The zero-order valence-corrected chi connectivity index (χ0v) is 8.47. The molecule has 1 atom stereocenters. The van der Waals surface area contributed by atoms with Crippen LogP contribution < -0.4 is 0 Å². The first-order valence-corrected chi connectivity index (χ1v) is 4.45. The van der Waals surface area contributed by atoms with Crippen LogP contribution >= 0.6 is 0 Å². The van der Waals surface area contributed by atoms with Crippen molar-refractivity contribution in [3.8, 4) is 0 Å². The van der Waals surface area contributed by atoms with Gasteiger partial charge in [-0.25, -0.2) is 0 Å². The van der Waals surface area contributed by atoms with Gasteiger partial charge in [0.05, 0.1) is 6.42 Å². The van der Waals surface area contributed by atoms with Crippen LogP contribution in [0, 0.1) is 5.92 Å². The smallest absolute Gasteiger partial charge is 0.303 e. The van der Waals surface area contributed by atoms with Gasteiger partial charge in [0.15, 0.2) is 0 Å². The fourth-order valence-corrected chi connectivity index (χ4v) is 1.15. The predicted molar refractivity (Wildman–Crippen MR) is 54.6 cm³/mol. The molecule has 0 aliphatic rings. The molecular weight excluding hydrogens is 164 g/mol. The van der Waals surface area contributed by atoms with Gasteiger partial charge < -0.3 is 5.11 Å². The van der Waals surface area contributed by atoms with Crippen molar-refractivity contribution >= 4 is 5.97 Å². The molecule has 0 aliphatic heterocycles. The summed E-state index contributed by atoms with van der Waals surface area (Å²) < 4.78 is 0. The molecular formula is C11H18O2. The highest BCUT2D eigenvalue weighted by atomic mass is 16.4. The zero-order chi connectivity index (χ0) is 10.4. The Labute approximate surface area is 80.0 Å². The summed E-state index contributed by atoms with van der Waals surface area (Å²) >= 11 is 0. The topological polar surface area (TPSA) is 37.3 Å². The molecule has 74 valence electrons. The van der Waals surface area contributed by atoms with E-state index in [0.717, 1.165) is 24.0 Å². The third kappa shape index (κ3) is 6.14. The minimum Gasteiger partial charge on any atom is -0.481 e. The number of hydrogen-bond acceptors (Lipinski definition) is 1. The summed E-state index contributed by atoms with van der Waals surface area (Å²) in [6.07, 6.45) is 1.91. The van der Waals surface area contributed by atoms with Crippen LogP contribution in [0.5, 0.6) is 0 Å². The molecule has 1 unspecified atom stereocenters. The minimum atomic E-state index is -0.755. The van der Waals surface area contributed by atoms with E-state index in [0.29, 0.717) is 0 Å². The van der Waals surface area contributed by atoms with Crippen LogP contribution in [-0.2, 0) is 4.79 Å². The van der Waals surface area contributed by atoms with Gasteiger partial charge in [-0.2, -0.15) is 0 Å². The van der Waals surface area contributed by atoms with E-state index in [1.54, 1.807) is 0 Å². The van der Waals surface area contributed by atoms with Crippen LogP contribution in [-0.4, -0.2) is 11.1 Å². The van der Waals surface area contributed by atoms with Crippen molar-refractivity contribution in [1.82, 2.24) is 0 Å². The van der Waals surface area contributed by atoms with Crippen molar-refractivity contribution in [2.75, 3.05) is 0 Å². The van der Waals surface area contributed by atoms with E-state index in [1.165, 1.54) is 0 Å². The molecule has 0 heterocycles. The van der Waals surface area contributed by atoms with Gasteiger partial charge in [-0.3, -0.25) is 4.79 Å². The number of rotatable bonds is 6. The fraction of sp³-hybridized carbons (Fsp3) is 0.545. The Balaban J connectivity index is 4.02. The maximum absolute atomic E-state index is 10.5. The molecule has 0 saturated heterocycles. The molecule has 2 heteroatoms. The molecule has 0 aromatic rings. The Hall–Kier alpha value is -1.05. The lowest BCUT2D eigenvalue weighted by atomic mass is 9.92. The predicted octanol–water partition coefficient (Wildman–Crippen LogP) is 3.01. The van der Waals surface area contributed by atoms with E-state index < -0.39 is 5.97 Å². The number of aliphatic carboxylic acids is 1. The van der Waals surface area contributed by atoms with Gasteiger partial charge in [0.1, 0.15) is 0 Å². The second-order valence-electron chi connectivity index (χ2n) is 3.64. The van der Waals surface area contributed by atoms with Crippen molar-refractivity contribution < 1.29 is 9.90 Å². The van der Waals surface area contributed by atoms with Crippen molar-refractivity contribution in [1.29, 1.82) is 0 Å². The van der Waals surface area contributed by atoms with Crippen LogP contribution in [0.15, 0.2) is 24.3 Å². The third-order valence-electron chi connectivity index (χ3n) is 2.04. The average molecular weight is 182 g/mol. The second-order valence-corrected chi connectivity index (χ2v) is 3.64. The molecule has 0 aromatic heterocycles. The van der Waals surface area contributed by atoms with Crippen molar-refractivity contribution in [3.63, 3.8) is 0 Å². The highest BCUT2D eigenvalue weighted by Crippen LogP contribution is 2.21. The molecule has 0 radical (unpaired) electrons. The monoisotopic (exact) mass is 182 g/mol. The standard InChI is InChI=1S/C11H18O2/c1-8(2)5-6-10(9(3)4)7-11(12)13/h10H,1,3,5-7H2,2,4H3,(H,12,13). The summed E-state index contributed by atoms with van der Waals surface area (Å²) in [5.41, 5.74) is 2.04. The minimum absolute atomic E-state index is 0.0919. The van der Waals surface area contributed by atoms with E-state index in [9.17, 15) is 4.79 Å². The molecule has 2 nitrogen and oxygen atoms in total. The maximum Gasteiger partial charge on any atom is 0.303 e. The summed E-state index contributed by atoms with van der Waals surface area (Å²) in [5.74, 6) is -0.663. The molecule has 0 amide bonds. The van der Waals surface area contributed by atoms with Crippen LogP contribution in [0.2, 0.25) is 0 Å². The number of carbonyl (C=O) groups is 1. The van der Waals surface area contributed by atoms with Crippen molar-refractivity contribution in [3.05, 3.63) is 24.3 Å². The molecule has 0 spiro atoms. The molecule has 0 bridgehead atoms. The molecule has 13 heavy (non-hydrogen) atoms. The van der Waals surface area contributed by atoms with E-state index >= 15 is 0 Å². The molecule has 0 aromatic carbocycles. The average Bonchev–Trinajstić information content (AvgIpc) is 1.96. The number of allylic oxidation sites excluding steroid dienone is 2. The molecule has 0 rings (SSSR count). The van der Waals surface area contributed by atoms with Gasteiger partial charge >= 0.3 is 5.97 Å². The van der Waals surface area contributed by atoms with Crippen LogP contribution in [0.1, 0.15) is 33.1 Å². The van der Waals surface area contributed by atoms with Crippen molar-refractivity contribution in [2.24, 2.45) is 5.92 Å². The first-order valence-electron chi connectivity index (χ1n) is 4.45. The van der Waals surface area contributed by atoms with Gasteiger partial charge in [-0.1, -0.05) is 17.7 Å². The Kier molecular flexibility index (Phi) is 5.12. The lowest BCUT2D eigenvalue weighted by Crippen LogP contribution is -2.08. The normalized spacial score (nSPS) is 12.2. The number of carboxylic acids is 1. The lowest BCUT2D eigenvalue weighted by Gasteiger charge is -2.14. The third-order valence-corrected chi connectivity index (χ3v) is 2.04. The summed E-state index contributed by atoms with van der Waals surface area (Å²) in [7, 11) is 0. The number of carboxylic acid groups (broad SMARTS) is 1. The Bertz CT molecular complexity index is 216. The highest BCUT2D eigenvalue weighted by Gasteiger charge is 2.13. The SMILES string of the molecule is C=C(C)CCC(CC(=O)O)C(=C)C. The Morgan fingerprint density at radius 2 is 1.92 bits per heavy atom. The molecule has 0 aliphatic carbocycles. The van der Waals surface area contributed by atoms with Crippen LogP contribution in [0.4, 0.5) is 0 Å². The van der Waals surface area contributed by atoms with E-state index in [1.807, 2.05) is 13.8 Å². The van der Waals surface area contributed by atoms with E-state index in [-0.39, 0.29) is 12.3 Å². The zero-order valence-electron chi connectivity index (χ0n) is 8.47. The van der Waals surface area contributed by atoms with E-state index in [4.69, 9.17) is 5.11 Å². The Morgan fingerprint density at radius 1 is 1.38 bits per heavy atom. The van der Waals surface area contributed by atoms with Gasteiger partial charge in [-0.05, 0) is 32.6 Å². The summed E-state index contributed by atoms with van der Waals surface area (Å²) in [6, 6.07) is 0. The quantitative estimate of drug-likeness (QED) is 0.641. The molecule has 1 N–H and O–H groups in total. The van der Waals surface area contributed by atoms with Gasteiger partial charge in [-0.15, -0.1) is 6.58 Å². The fourth-order valence-electron chi connectivity index (χ4n) is 1.15. The highest BCUT2D eigenvalue weighted by molar-refractivity contribution is 5.67. The molecule has 0 saturated carbocycles. The number of hydrogen-bond donors (Lipinski definition) is 1. The summed E-state index contributed by atoms with van der Waals surface area (Å²) in [6.45, 7) is 11.4. The van der Waals surface area contributed by atoms with Gasteiger partial charge in [0.25, 0.3) is 0 Å². The van der Waals surface area contributed by atoms with E-state index in [2.05, 4.69) is 13.2 Å². The first-order chi connectivity index (χ1) is 5.93. The summed E-state index contributed by atoms with van der Waals surface area (Å²) in [5, 5.41) is 8.63. The van der Waals surface area contributed by atoms with Gasteiger partial charge in [0.2, 0.25) is 0 Å². The Morgan fingerprint density at radius 3 is 2.23 bits per heavy atom. The maximum atomic E-state index is 10.5. The second kappa shape index (κ2) is 5.57.